The Morgan fingerprint density at radius 3 is 2.57 bits per heavy atom. The fourth-order valence-corrected chi connectivity index (χ4v) is 5.28. The summed E-state index contributed by atoms with van der Waals surface area (Å²) in [6.45, 7) is 0. The molecule has 3 unspecified atom stereocenters. The maximum absolute atomic E-state index is 13.4. The smallest absolute Gasteiger partial charge is 0.329 e. The van der Waals surface area contributed by atoms with Crippen molar-refractivity contribution in [2.24, 2.45) is 5.92 Å². The van der Waals surface area contributed by atoms with Gasteiger partial charge >= 0.3 is 6.03 Å². The van der Waals surface area contributed by atoms with Gasteiger partial charge in [-0.05, 0) is 48.9 Å². The van der Waals surface area contributed by atoms with E-state index in [2.05, 4.69) is 10.3 Å². The maximum atomic E-state index is 13.4. The molecule has 3 atom stereocenters. The van der Waals surface area contributed by atoms with Crippen LogP contribution in [0.1, 0.15) is 30.7 Å². The number of fused-ring (bicyclic) bond motifs is 2. The van der Waals surface area contributed by atoms with Crippen LogP contribution in [0.3, 0.4) is 0 Å². The number of benzene rings is 2. The van der Waals surface area contributed by atoms with Gasteiger partial charge in [0.2, 0.25) is 5.91 Å². The van der Waals surface area contributed by atoms with Gasteiger partial charge in [-0.25, -0.2) is 9.69 Å². The number of hydrogen-bond acceptors (Lipinski definition) is 3. The number of rotatable bonds is 2. The van der Waals surface area contributed by atoms with Gasteiger partial charge in [0.05, 0.1) is 17.8 Å². The van der Waals surface area contributed by atoms with E-state index in [1.807, 2.05) is 36.4 Å². The molecule has 5 rings (SSSR count). The molecule has 2 fully saturated rings. The fraction of sp³-hybridized carbons (Fsp3) is 0.261. The molecule has 2 heterocycles. The third kappa shape index (κ3) is 3.32. The van der Waals surface area contributed by atoms with Crippen LogP contribution < -0.4 is 10.2 Å². The van der Waals surface area contributed by atoms with E-state index in [0.29, 0.717) is 28.6 Å². The van der Waals surface area contributed by atoms with E-state index in [9.17, 15) is 9.59 Å². The first kappa shape index (κ1) is 19.3. The number of anilines is 1. The predicted molar refractivity (Wildman–Crippen MR) is 118 cm³/mol. The quantitative estimate of drug-likeness (QED) is 0.569. The number of urea groups is 1. The van der Waals surface area contributed by atoms with Crippen molar-refractivity contribution in [3.63, 3.8) is 0 Å². The van der Waals surface area contributed by atoms with E-state index < -0.39 is 6.03 Å². The highest BCUT2D eigenvalue weighted by atomic mass is 35.5. The Labute approximate surface area is 184 Å². The first-order valence-corrected chi connectivity index (χ1v) is 10.7. The Balaban J connectivity index is 1.43. The number of carbonyl (C=O) groups excluding carboxylic acids is 2. The molecule has 0 bridgehead atoms. The average Bonchev–Trinajstić information content (AvgIpc) is 2.73. The van der Waals surface area contributed by atoms with Crippen LogP contribution in [0.15, 0.2) is 54.9 Å². The second-order valence-corrected chi connectivity index (χ2v) is 8.80. The first-order valence-electron chi connectivity index (χ1n) is 9.94. The van der Waals surface area contributed by atoms with Crippen molar-refractivity contribution in [1.82, 2.24) is 10.3 Å². The summed E-state index contributed by atoms with van der Waals surface area (Å²) in [6, 6.07) is 12.6. The lowest BCUT2D eigenvalue weighted by Gasteiger charge is -2.42. The minimum absolute atomic E-state index is 0.163. The first-order chi connectivity index (χ1) is 14.5. The van der Waals surface area contributed by atoms with Gasteiger partial charge in [0.1, 0.15) is 0 Å². The number of nitrogens with one attached hydrogen (secondary N) is 1. The summed E-state index contributed by atoms with van der Waals surface area (Å²) in [6.07, 6.45) is 5.52. The molecule has 1 aliphatic heterocycles. The summed E-state index contributed by atoms with van der Waals surface area (Å²) in [5.74, 6) is -0.224. The van der Waals surface area contributed by atoms with Crippen molar-refractivity contribution < 1.29 is 9.59 Å². The number of aromatic nitrogens is 1. The lowest BCUT2D eigenvalue weighted by atomic mass is 9.74. The number of imide groups is 1. The molecule has 1 saturated heterocycles. The summed E-state index contributed by atoms with van der Waals surface area (Å²) in [5.41, 5.74) is 1.58. The molecule has 152 valence electrons. The van der Waals surface area contributed by atoms with E-state index in [-0.39, 0.29) is 23.8 Å². The summed E-state index contributed by atoms with van der Waals surface area (Å²) in [4.78, 5) is 31.8. The Bertz CT molecular complexity index is 1140. The number of nitrogens with zero attached hydrogens (tertiary/aromatic N) is 2. The minimum atomic E-state index is -0.399. The molecule has 1 N–H and O–H groups in total. The van der Waals surface area contributed by atoms with Gasteiger partial charge in [-0.15, -0.1) is 0 Å². The predicted octanol–water partition coefficient (Wildman–Crippen LogP) is 5.55. The Kier molecular flexibility index (Phi) is 4.88. The van der Waals surface area contributed by atoms with Crippen LogP contribution in [0.25, 0.3) is 10.8 Å². The molecule has 5 nitrogen and oxygen atoms in total. The molecule has 0 spiro atoms. The van der Waals surface area contributed by atoms with Gasteiger partial charge in [0.15, 0.2) is 0 Å². The van der Waals surface area contributed by atoms with Crippen molar-refractivity contribution in [3.8, 4) is 0 Å². The largest absolute Gasteiger partial charge is 0.334 e. The fourth-order valence-electron chi connectivity index (χ4n) is 4.74. The Morgan fingerprint density at radius 2 is 1.77 bits per heavy atom. The standard InChI is InChI=1S/C23H19Cl2N3O2/c24-16-7-15(8-17(25)10-16)13-5-6-19-20(9-13)27-23(30)28(22(19)29)21-12-26-11-14-3-1-2-4-18(14)21/h1-4,7-8,10-13,19-20H,5-6,9H2,(H,27,30). The van der Waals surface area contributed by atoms with E-state index in [4.69, 9.17) is 23.2 Å². The number of halogens is 2. The molecular formula is C23H19Cl2N3O2. The zero-order valence-electron chi connectivity index (χ0n) is 16.0. The molecule has 3 aromatic rings. The zero-order chi connectivity index (χ0) is 20.8. The van der Waals surface area contributed by atoms with E-state index in [1.165, 1.54) is 4.90 Å². The van der Waals surface area contributed by atoms with Crippen molar-refractivity contribution in [2.75, 3.05) is 4.90 Å². The molecule has 2 aliphatic rings. The van der Waals surface area contributed by atoms with Crippen molar-refractivity contribution in [1.29, 1.82) is 0 Å². The van der Waals surface area contributed by atoms with Crippen molar-refractivity contribution in [3.05, 3.63) is 70.5 Å². The van der Waals surface area contributed by atoms with Crippen LogP contribution in [-0.2, 0) is 4.79 Å². The minimum Gasteiger partial charge on any atom is -0.334 e. The van der Waals surface area contributed by atoms with Gasteiger partial charge in [0, 0.05) is 33.1 Å². The van der Waals surface area contributed by atoms with E-state index >= 15 is 0 Å². The summed E-state index contributed by atoms with van der Waals surface area (Å²) in [5, 5.41) is 5.97. The summed E-state index contributed by atoms with van der Waals surface area (Å²) >= 11 is 12.3. The van der Waals surface area contributed by atoms with Crippen LogP contribution in [0.2, 0.25) is 10.0 Å². The maximum Gasteiger partial charge on any atom is 0.329 e. The van der Waals surface area contributed by atoms with Gasteiger partial charge < -0.3 is 5.32 Å². The Hall–Kier alpha value is -2.63. The second-order valence-electron chi connectivity index (χ2n) is 7.93. The SMILES string of the molecule is O=C1NC2CC(c3cc(Cl)cc(Cl)c3)CCC2C(=O)N1c1cncc2ccccc12. The second kappa shape index (κ2) is 7.56. The highest BCUT2D eigenvalue weighted by molar-refractivity contribution is 6.34. The Morgan fingerprint density at radius 1 is 1.00 bits per heavy atom. The number of carbonyl (C=O) groups is 2. The molecule has 1 aliphatic carbocycles. The van der Waals surface area contributed by atoms with Crippen LogP contribution in [0.4, 0.5) is 10.5 Å². The van der Waals surface area contributed by atoms with Gasteiger partial charge in [0.25, 0.3) is 0 Å². The normalized spacial score (nSPS) is 23.9. The highest BCUT2D eigenvalue weighted by Gasteiger charge is 2.45. The van der Waals surface area contributed by atoms with Crippen LogP contribution >= 0.6 is 23.2 Å². The lowest BCUT2D eigenvalue weighted by Crippen LogP contribution is -2.61. The highest BCUT2D eigenvalue weighted by Crippen LogP contribution is 2.41. The summed E-state index contributed by atoms with van der Waals surface area (Å²) < 4.78 is 0. The number of pyridine rings is 1. The third-order valence-electron chi connectivity index (χ3n) is 6.14. The summed E-state index contributed by atoms with van der Waals surface area (Å²) in [7, 11) is 0. The van der Waals surface area contributed by atoms with Crippen molar-refractivity contribution >= 4 is 51.6 Å². The van der Waals surface area contributed by atoms with E-state index in [0.717, 1.165) is 22.8 Å². The molecule has 30 heavy (non-hydrogen) atoms. The van der Waals surface area contributed by atoms with Crippen LogP contribution in [0.5, 0.6) is 0 Å². The molecular weight excluding hydrogens is 421 g/mol. The molecule has 0 radical (unpaired) electrons. The average molecular weight is 440 g/mol. The molecule has 7 heteroatoms. The van der Waals surface area contributed by atoms with Crippen LogP contribution in [-0.4, -0.2) is 23.0 Å². The molecule has 2 aromatic carbocycles. The molecule has 1 aromatic heterocycles. The van der Waals surface area contributed by atoms with Gasteiger partial charge in [-0.1, -0.05) is 47.5 Å². The topological polar surface area (TPSA) is 62.3 Å². The number of hydrogen-bond donors (Lipinski definition) is 1. The molecule has 1 saturated carbocycles. The van der Waals surface area contributed by atoms with Crippen LogP contribution in [0, 0.1) is 5.92 Å². The van der Waals surface area contributed by atoms with Crippen molar-refractivity contribution in [2.45, 2.75) is 31.2 Å². The monoisotopic (exact) mass is 439 g/mol. The molecule has 3 amide bonds. The number of amides is 3. The van der Waals surface area contributed by atoms with E-state index in [1.54, 1.807) is 18.5 Å². The van der Waals surface area contributed by atoms with Gasteiger partial charge in [-0.3, -0.25) is 9.78 Å². The zero-order valence-corrected chi connectivity index (χ0v) is 17.5. The lowest BCUT2D eigenvalue weighted by molar-refractivity contribution is -0.124. The third-order valence-corrected chi connectivity index (χ3v) is 6.58. The van der Waals surface area contributed by atoms with Gasteiger partial charge in [-0.2, -0.15) is 0 Å².